The van der Waals surface area contributed by atoms with E-state index in [0.29, 0.717) is 0 Å². The minimum Gasteiger partial charge on any atom is -0.481 e. The summed E-state index contributed by atoms with van der Waals surface area (Å²) in [4.78, 5) is 17.8. The fourth-order valence-corrected chi connectivity index (χ4v) is 4.78. The SMILES string of the molecule is CC12c3[nH]c4ccc(Br)cc4c3CCN1CCCC2C(=O)O. The van der Waals surface area contributed by atoms with Crippen LogP contribution in [0.1, 0.15) is 31.0 Å². The summed E-state index contributed by atoms with van der Waals surface area (Å²) in [6.07, 6.45) is 2.70. The van der Waals surface area contributed by atoms with Crippen molar-refractivity contribution >= 4 is 32.8 Å². The smallest absolute Gasteiger partial charge is 0.308 e. The minimum atomic E-state index is -0.681. The second-order valence-corrected chi connectivity index (χ2v) is 7.50. The van der Waals surface area contributed by atoms with Crippen molar-refractivity contribution in [3.63, 3.8) is 0 Å². The van der Waals surface area contributed by atoms with Crippen molar-refractivity contribution in [2.45, 2.75) is 31.7 Å². The number of nitrogens with one attached hydrogen (secondary N) is 1. The normalized spacial score (nSPS) is 28.4. The number of carbonyl (C=O) groups is 1. The molecular weight excluding hydrogens is 344 g/mol. The largest absolute Gasteiger partial charge is 0.481 e. The Balaban J connectivity index is 1.96. The van der Waals surface area contributed by atoms with E-state index in [0.717, 1.165) is 48.0 Å². The van der Waals surface area contributed by atoms with Crippen LogP contribution in [0.15, 0.2) is 22.7 Å². The number of rotatable bonds is 1. The van der Waals surface area contributed by atoms with E-state index < -0.39 is 11.5 Å². The van der Waals surface area contributed by atoms with E-state index >= 15 is 0 Å². The number of aromatic amines is 1. The van der Waals surface area contributed by atoms with Crippen LogP contribution in [0.25, 0.3) is 10.9 Å². The number of nitrogens with zero attached hydrogens (tertiary/aromatic N) is 1. The van der Waals surface area contributed by atoms with E-state index in [4.69, 9.17) is 0 Å². The first-order valence-electron chi connectivity index (χ1n) is 7.80. The van der Waals surface area contributed by atoms with Gasteiger partial charge in [0.25, 0.3) is 0 Å². The molecule has 1 fully saturated rings. The maximum absolute atomic E-state index is 11.8. The second-order valence-electron chi connectivity index (χ2n) is 6.59. The number of hydrogen-bond donors (Lipinski definition) is 2. The Hall–Kier alpha value is -1.33. The molecule has 2 aliphatic heterocycles. The number of benzene rings is 1. The van der Waals surface area contributed by atoms with E-state index in [2.05, 4.69) is 44.9 Å². The Morgan fingerprint density at radius 2 is 2.27 bits per heavy atom. The summed E-state index contributed by atoms with van der Waals surface area (Å²) in [5, 5.41) is 11.0. The molecular formula is C17H19BrN2O2. The zero-order valence-electron chi connectivity index (χ0n) is 12.5. The maximum atomic E-state index is 11.8. The Morgan fingerprint density at radius 3 is 3.05 bits per heavy atom. The molecule has 0 bridgehead atoms. The molecule has 2 unspecified atom stereocenters. The molecule has 4 rings (SSSR count). The summed E-state index contributed by atoms with van der Waals surface area (Å²) >= 11 is 3.54. The Labute approximate surface area is 137 Å². The predicted molar refractivity (Wildman–Crippen MR) is 89.0 cm³/mol. The molecule has 2 aliphatic rings. The van der Waals surface area contributed by atoms with Crippen LogP contribution in [-0.2, 0) is 16.8 Å². The monoisotopic (exact) mass is 362 g/mol. The molecule has 2 aromatic rings. The first-order valence-corrected chi connectivity index (χ1v) is 8.59. The summed E-state index contributed by atoms with van der Waals surface area (Å²) in [6.45, 7) is 4.03. The number of fused-ring (bicyclic) bond motifs is 5. The summed E-state index contributed by atoms with van der Waals surface area (Å²) in [5.41, 5.74) is 3.08. The molecule has 0 aliphatic carbocycles. The van der Waals surface area contributed by atoms with Gasteiger partial charge < -0.3 is 10.1 Å². The molecule has 0 amide bonds. The van der Waals surface area contributed by atoms with Crippen LogP contribution in [-0.4, -0.2) is 34.0 Å². The highest BCUT2D eigenvalue weighted by atomic mass is 79.9. The van der Waals surface area contributed by atoms with E-state index in [9.17, 15) is 9.90 Å². The van der Waals surface area contributed by atoms with Gasteiger partial charge in [0, 0.05) is 27.6 Å². The van der Waals surface area contributed by atoms with E-state index in [1.54, 1.807) is 0 Å². The van der Waals surface area contributed by atoms with Gasteiger partial charge in [-0.2, -0.15) is 0 Å². The molecule has 0 saturated carbocycles. The lowest BCUT2D eigenvalue weighted by Gasteiger charge is -2.51. The molecule has 116 valence electrons. The van der Waals surface area contributed by atoms with Gasteiger partial charge in [-0.1, -0.05) is 15.9 Å². The highest BCUT2D eigenvalue weighted by Gasteiger charge is 2.51. The van der Waals surface area contributed by atoms with Crippen molar-refractivity contribution in [1.82, 2.24) is 9.88 Å². The number of carboxylic acid groups (broad SMARTS) is 1. The minimum absolute atomic E-state index is 0.350. The number of carboxylic acids is 1. The van der Waals surface area contributed by atoms with E-state index in [-0.39, 0.29) is 5.92 Å². The van der Waals surface area contributed by atoms with Crippen LogP contribution < -0.4 is 0 Å². The average molecular weight is 363 g/mol. The molecule has 4 nitrogen and oxygen atoms in total. The van der Waals surface area contributed by atoms with Crippen molar-refractivity contribution < 1.29 is 9.90 Å². The Morgan fingerprint density at radius 1 is 1.45 bits per heavy atom. The first kappa shape index (κ1) is 14.3. The van der Waals surface area contributed by atoms with Gasteiger partial charge in [0.2, 0.25) is 0 Å². The van der Waals surface area contributed by atoms with Crippen LogP contribution in [0, 0.1) is 5.92 Å². The van der Waals surface area contributed by atoms with Gasteiger partial charge in [-0.25, -0.2) is 0 Å². The topological polar surface area (TPSA) is 56.3 Å². The third-order valence-electron chi connectivity index (χ3n) is 5.56. The van der Waals surface area contributed by atoms with Gasteiger partial charge in [-0.05, 0) is 56.5 Å². The van der Waals surface area contributed by atoms with Crippen molar-refractivity contribution in [3.05, 3.63) is 33.9 Å². The molecule has 1 saturated heterocycles. The summed E-state index contributed by atoms with van der Waals surface area (Å²) in [7, 11) is 0. The molecule has 1 aromatic heterocycles. The van der Waals surface area contributed by atoms with E-state index in [1.165, 1.54) is 10.9 Å². The maximum Gasteiger partial charge on any atom is 0.308 e. The lowest BCUT2D eigenvalue weighted by molar-refractivity contribution is -0.152. The van der Waals surface area contributed by atoms with Crippen LogP contribution in [0.4, 0.5) is 0 Å². The van der Waals surface area contributed by atoms with Crippen molar-refractivity contribution in [3.8, 4) is 0 Å². The van der Waals surface area contributed by atoms with Crippen LogP contribution in [0.3, 0.4) is 0 Å². The summed E-state index contributed by atoms with van der Waals surface area (Å²) < 4.78 is 1.06. The van der Waals surface area contributed by atoms with Gasteiger partial charge in [-0.3, -0.25) is 9.69 Å². The third kappa shape index (κ3) is 1.82. The quantitative estimate of drug-likeness (QED) is 0.816. The predicted octanol–water partition coefficient (Wildman–Crippen LogP) is 3.50. The van der Waals surface area contributed by atoms with Crippen LogP contribution >= 0.6 is 15.9 Å². The second kappa shape index (κ2) is 4.83. The van der Waals surface area contributed by atoms with Crippen LogP contribution in [0.2, 0.25) is 0 Å². The molecule has 2 atom stereocenters. The lowest BCUT2D eigenvalue weighted by Crippen LogP contribution is -2.58. The van der Waals surface area contributed by atoms with Gasteiger partial charge in [0.1, 0.15) is 0 Å². The summed E-state index contributed by atoms with van der Waals surface area (Å²) in [6, 6.07) is 6.24. The lowest BCUT2D eigenvalue weighted by atomic mass is 9.72. The molecule has 3 heterocycles. The number of piperidine rings is 1. The fourth-order valence-electron chi connectivity index (χ4n) is 4.42. The zero-order valence-corrected chi connectivity index (χ0v) is 14.1. The zero-order chi connectivity index (χ0) is 15.5. The van der Waals surface area contributed by atoms with Crippen LogP contribution in [0.5, 0.6) is 0 Å². The standard InChI is InChI=1S/C17H19BrN2O2/c1-17-13(16(21)22)3-2-7-20(17)8-6-11-12-9-10(18)4-5-14(12)19-15(11)17/h4-5,9,13,19H,2-3,6-8H2,1H3,(H,21,22). The molecule has 1 aromatic carbocycles. The van der Waals surface area contributed by atoms with Gasteiger partial charge in [0.05, 0.1) is 11.5 Å². The average Bonchev–Trinajstić information content (AvgIpc) is 2.85. The van der Waals surface area contributed by atoms with Crippen molar-refractivity contribution in [2.24, 2.45) is 5.92 Å². The highest BCUT2D eigenvalue weighted by molar-refractivity contribution is 9.10. The Kier molecular flexibility index (Phi) is 3.13. The number of aliphatic carboxylic acids is 1. The van der Waals surface area contributed by atoms with E-state index in [1.807, 2.05) is 6.07 Å². The van der Waals surface area contributed by atoms with Gasteiger partial charge in [-0.15, -0.1) is 0 Å². The Bertz CT molecular complexity index is 769. The molecule has 0 spiro atoms. The molecule has 22 heavy (non-hydrogen) atoms. The molecule has 2 N–H and O–H groups in total. The van der Waals surface area contributed by atoms with Gasteiger partial charge in [0.15, 0.2) is 0 Å². The third-order valence-corrected chi connectivity index (χ3v) is 6.05. The first-order chi connectivity index (χ1) is 10.5. The van der Waals surface area contributed by atoms with Gasteiger partial charge >= 0.3 is 5.97 Å². The summed E-state index contributed by atoms with van der Waals surface area (Å²) in [5.74, 6) is -1.03. The number of hydrogen-bond acceptors (Lipinski definition) is 2. The van der Waals surface area contributed by atoms with Crippen molar-refractivity contribution in [2.75, 3.05) is 13.1 Å². The molecule has 0 radical (unpaired) electrons. The van der Waals surface area contributed by atoms with Crippen molar-refractivity contribution in [1.29, 1.82) is 0 Å². The fraction of sp³-hybridized carbons (Fsp3) is 0.471. The molecule has 5 heteroatoms. The number of aromatic nitrogens is 1. The number of halogens is 1. The number of H-pyrrole nitrogens is 1. The highest BCUT2D eigenvalue weighted by Crippen LogP contribution is 2.47.